The van der Waals surface area contributed by atoms with E-state index >= 15 is 0 Å². The van der Waals surface area contributed by atoms with Gasteiger partial charge in [0.05, 0.1) is 6.20 Å². The molecule has 6 nitrogen and oxygen atoms in total. The molecule has 0 saturated carbocycles. The minimum Gasteiger partial charge on any atom is -0.492 e. The zero-order valence-corrected chi connectivity index (χ0v) is 9.91. The number of carbonyl (C=O) groups is 1. The maximum absolute atomic E-state index is 12.4. The van der Waals surface area contributed by atoms with E-state index in [-0.39, 0.29) is 23.9 Å². The van der Waals surface area contributed by atoms with Crippen LogP contribution in [0.1, 0.15) is 21.8 Å². The fraction of sp³-hybridized carbons (Fsp3) is 0.154. The summed E-state index contributed by atoms with van der Waals surface area (Å²) in [6, 6.07) is 9.24. The van der Waals surface area contributed by atoms with E-state index in [2.05, 4.69) is 5.10 Å². The predicted octanol–water partition coefficient (Wildman–Crippen LogP) is 1.15. The number of benzene rings is 1. The number of hydrogen-bond donors (Lipinski definition) is 1. The summed E-state index contributed by atoms with van der Waals surface area (Å²) in [6.45, 7) is 0.263. The van der Waals surface area contributed by atoms with Crippen LogP contribution in [0.4, 0.5) is 5.82 Å². The van der Waals surface area contributed by atoms with Crippen LogP contribution in [0.5, 0.6) is 5.75 Å². The number of fused-ring (bicyclic) bond motifs is 1. The summed E-state index contributed by atoms with van der Waals surface area (Å²) < 4.78 is 6.52. The summed E-state index contributed by atoms with van der Waals surface area (Å²) in [5.41, 5.74) is 6.73. The molecule has 0 fully saturated rings. The smallest absolute Gasteiger partial charge is 0.259 e. The van der Waals surface area contributed by atoms with Crippen LogP contribution in [-0.2, 0) is 0 Å². The van der Waals surface area contributed by atoms with Gasteiger partial charge in [0.1, 0.15) is 35.7 Å². The second-order valence-electron chi connectivity index (χ2n) is 4.21. The van der Waals surface area contributed by atoms with Gasteiger partial charge in [-0.05, 0) is 6.07 Å². The Balaban J connectivity index is 1.98. The fourth-order valence-corrected chi connectivity index (χ4v) is 2.13. The van der Waals surface area contributed by atoms with Crippen molar-refractivity contribution in [3.8, 4) is 11.8 Å². The van der Waals surface area contributed by atoms with Gasteiger partial charge >= 0.3 is 0 Å². The summed E-state index contributed by atoms with van der Waals surface area (Å²) in [7, 11) is 0. The van der Waals surface area contributed by atoms with Crippen molar-refractivity contribution in [2.45, 2.75) is 5.92 Å². The van der Waals surface area contributed by atoms with E-state index in [4.69, 9.17) is 15.7 Å². The zero-order valence-electron chi connectivity index (χ0n) is 9.91. The predicted molar refractivity (Wildman–Crippen MR) is 66.7 cm³/mol. The van der Waals surface area contributed by atoms with Crippen molar-refractivity contribution >= 4 is 11.7 Å². The number of hydrogen-bond acceptors (Lipinski definition) is 5. The zero-order chi connectivity index (χ0) is 13.4. The number of ether oxygens (including phenoxy) is 1. The average Bonchev–Trinajstić information content (AvgIpc) is 3.01. The summed E-state index contributed by atoms with van der Waals surface area (Å²) >= 11 is 0. The highest BCUT2D eigenvalue weighted by atomic mass is 16.5. The van der Waals surface area contributed by atoms with Crippen LogP contribution in [0.25, 0.3) is 0 Å². The first kappa shape index (κ1) is 11.3. The van der Waals surface area contributed by atoms with Gasteiger partial charge in [0.15, 0.2) is 0 Å². The van der Waals surface area contributed by atoms with Crippen molar-refractivity contribution in [3.05, 3.63) is 41.6 Å². The normalized spacial score (nSPS) is 16.5. The first-order valence-corrected chi connectivity index (χ1v) is 5.72. The van der Waals surface area contributed by atoms with Crippen LogP contribution in [-0.4, -0.2) is 22.3 Å². The van der Waals surface area contributed by atoms with Crippen LogP contribution in [0, 0.1) is 11.3 Å². The molecule has 0 aliphatic carbocycles. The molecule has 0 amide bonds. The minimum absolute atomic E-state index is 0.0666. The van der Waals surface area contributed by atoms with E-state index in [1.165, 1.54) is 6.20 Å². The van der Waals surface area contributed by atoms with E-state index in [0.717, 1.165) is 10.2 Å². The quantitative estimate of drug-likeness (QED) is 0.823. The third-order valence-corrected chi connectivity index (χ3v) is 3.13. The minimum atomic E-state index is -0.440. The molecular formula is C13H10N4O2. The van der Waals surface area contributed by atoms with Crippen molar-refractivity contribution < 1.29 is 9.53 Å². The highest BCUT2D eigenvalue weighted by Crippen LogP contribution is 2.34. The van der Waals surface area contributed by atoms with Crippen molar-refractivity contribution in [3.63, 3.8) is 0 Å². The molecule has 3 rings (SSSR count). The van der Waals surface area contributed by atoms with Crippen LogP contribution in [0.15, 0.2) is 30.5 Å². The summed E-state index contributed by atoms with van der Waals surface area (Å²) in [6.07, 6.45) is 1.29. The Labute approximate surface area is 109 Å². The van der Waals surface area contributed by atoms with Crippen molar-refractivity contribution in [2.75, 3.05) is 12.3 Å². The number of carbonyl (C=O) groups excluding carboxylic acids is 1. The van der Waals surface area contributed by atoms with Crippen LogP contribution < -0.4 is 10.5 Å². The lowest BCUT2D eigenvalue weighted by molar-refractivity contribution is 0.0851. The van der Waals surface area contributed by atoms with Gasteiger partial charge in [0, 0.05) is 5.56 Å². The molecule has 1 aliphatic rings. The summed E-state index contributed by atoms with van der Waals surface area (Å²) in [5.74, 6) is 0.0397. The number of nitrogen functional groups attached to an aromatic ring is 1. The van der Waals surface area contributed by atoms with Crippen LogP contribution in [0.2, 0.25) is 0 Å². The first-order chi connectivity index (χ1) is 9.22. The van der Waals surface area contributed by atoms with Gasteiger partial charge in [-0.25, -0.2) is 0 Å². The summed E-state index contributed by atoms with van der Waals surface area (Å²) in [4.78, 5) is 12.4. The van der Waals surface area contributed by atoms with E-state index in [1.807, 2.05) is 30.3 Å². The Bertz CT molecular complexity index is 699. The largest absolute Gasteiger partial charge is 0.492 e. The third kappa shape index (κ3) is 1.64. The molecule has 2 N–H and O–H groups in total. The molecule has 1 aromatic carbocycles. The Morgan fingerprint density at radius 3 is 3.05 bits per heavy atom. The van der Waals surface area contributed by atoms with E-state index in [9.17, 15) is 4.79 Å². The molecule has 6 heteroatoms. The maximum Gasteiger partial charge on any atom is 0.259 e. The van der Waals surface area contributed by atoms with Gasteiger partial charge in [0.25, 0.3) is 5.91 Å². The molecule has 1 aliphatic heterocycles. The van der Waals surface area contributed by atoms with E-state index < -0.39 is 5.92 Å². The number of rotatable bonds is 1. The lowest BCUT2D eigenvalue weighted by Crippen LogP contribution is -2.23. The molecule has 1 aromatic heterocycles. The average molecular weight is 254 g/mol. The monoisotopic (exact) mass is 254 g/mol. The second-order valence-corrected chi connectivity index (χ2v) is 4.21. The number of nitrogens with zero attached hydrogens (tertiary/aromatic N) is 3. The van der Waals surface area contributed by atoms with Gasteiger partial charge in [-0.3, -0.25) is 4.79 Å². The standard InChI is InChI=1S/C13H10N4O2/c14-5-8-6-16-17(12(8)15)13(18)10-7-19-11-4-2-1-3-9(10)11/h1-4,6,10H,7,15H2/t10-/m1/s1. The van der Waals surface area contributed by atoms with Gasteiger partial charge in [0.2, 0.25) is 0 Å². The molecular weight excluding hydrogens is 244 g/mol. The van der Waals surface area contributed by atoms with Gasteiger partial charge in [-0.2, -0.15) is 15.0 Å². The molecule has 94 valence electrons. The Hall–Kier alpha value is -2.81. The SMILES string of the molecule is N#Cc1cnn(C(=O)[C@@H]2COc3ccccc32)c1N. The molecule has 0 radical (unpaired) electrons. The number of anilines is 1. The highest BCUT2D eigenvalue weighted by molar-refractivity contribution is 5.89. The van der Waals surface area contributed by atoms with Crippen molar-refractivity contribution in [1.82, 2.24) is 9.78 Å². The second kappa shape index (κ2) is 4.14. The van der Waals surface area contributed by atoms with Crippen LogP contribution >= 0.6 is 0 Å². The van der Waals surface area contributed by atoms with Gasteiger partial charge in [-0.1, -0.05) is 18.2 Å². The number of nitriles is 1. The van der Waals surface area contributed by atoms with Crippen LogP contribution in [0.3, 0.4) is 0 Å². The van der Waals surface area contributed by atoms with Gasteiger partial charge < -0.3 is 10.5 Å². The molecule has 0 saturated heterocycles. The topological polar surface area (TPSA) is 93.9 Å². The molecule has 19 heavy (non-hydrogen) atoms. The molecule has 1 atom stereocenters. The summed E-state index contributed by atoms with van der Waals surface area (Å²) in [5, 5.41) is 12.7. The molecule has 2 heterocycles. The number of nitrogens with two attached hydrogens (primary N) is 1. The Morgan fingerprint density at radius 2 is 2.32 bits per heavy atom. The Kier molecular flexibility index (Phi) is 2.46. The number of aromatic nitrogens is 2. The lowest BCUT2D eigenvalue weighted by Gasteiger charge is -2.08. The van der Waals surface area contributed by atoms with E-state index in [0.29, 0.717) is 5.75 Å². The molecule has 0 spiro atoms. The number of para-hydroxylation sites is 1. The molecule has 2 aromatic rings. The van der Waals surface area contributed by atoms with Crippen molar-refractivity contribution in [1.29, 1.82) is 5.26 Å². The first-order valence-electron chi connectivity index (χ1n) is 5.72. The third-order valence-electron chi connectivity index (χ3n) is 3.13. The molecule has 0 unspecified atom stereocenters. The van der Waals surface area contributed by atoms with E-state index in [1.54, 1.807) is 0 Å². The fourth-order valence-electron chi connectivity index (χ4n) is 2.13. The van der Waals surface area contributed by atoms with Crippen molar-refractivity contribution in [2.24, 2.45) is 0 Å². The highest BCUT2D eigenvalue weighted by Gasteiger charge is 2.32. The Morgan fingerprint density at radius 1 is 1.53 bits per heavy atom. The lowest BCUT2D eigenvalue weighted by atomic mass is 10.0. The molecule has 0 bridgehead atoms. The maximum atomic E-state index is 12.4. The van der Waals surface area contributed by atoms with Gasteiger partial charge in [-0.15, -0.1) is 0 Å².